The normalized spacial score (nSPS) is 17.3. The van der Waals surface area contributed by atoms with Crippen molar-refractivity contribution in [3.8, 4) is 0 Å². The quantitative estimate of drug-likeness (QED) is 0.646. The first kappa shape index (κ1) is 21.5. The SMILES string of the molecule is CC(C)(C)CC(C)(NC(=O)O)C(=O)NCc1ncccc1SC1CCCC1. The monoisotopic (exact) mass is 393 g/mol. The second-order valence-electron chi connectivity index (χ2n) is 8.65. The molecule has 1 saturated carbocycles. The Morgan fingerprint density at radius 2 is 1.93 bits per heavy atom. The van der Waals surface area contributed by atoms with Crippen LogP contribution in [0.15, 0.2) is 23.2 Å². The van der Waals surface area contributed by atoms with E-state index >= 15 is 0 Å². The maximum absolute atomic E-state index is 12.8. The van der Waals surface area contributed by atoms with Crippen molar-refractivity contribution in [3.63, 3.8) is 0 Å². The lowest BCUT2D eigenvalue weighted by Crippen LogP contribution is -2.58. The topological polar surface area (TPSA) is 91.3 Å². The van der Waals surface area contributed by atoms with E-state index in [4.69, 9.17) is 0 Å². The standard InChI is InChI=1S/C20H31N3O3S/c1-19(2,3)13-20(4,23-18(25)26)17(24)22-12-15-16(10-7-11-21-15)27-14-8-5-6-9-14/h7,10-11,14,23H,5-6,8-9,12-13H2,1-4H3,(H,22,24)(H,25,26). The van der Waals surface area contributed by atoms with E-state index in [2.05, 4.69) is 15.6 Å². The number of hydrogen-bond donors (Lipinski definition) is 3. The Labute approximate surface area is 165 Å². The Hall–Kier alpha value is -1.76. The minimum absolute atomic E-state index is 0.205. The van der Waals surface area contributed by atoms with Crippen molar-refractivity contribution in [1.29, 1.82) is 0 Å². The van der Waals surface area contributed by atoms with Crippen molar-refractivity contribution in [2.24, 2.45) is 5.41 Å². The summed E-state index contributed by atoms with van der Waals surface area (Å²) < 4.78 is 0. The highest BCUT2D eigenvalue weighted by atomic mass is 32.2. The number of nitrogens with zero attached hydrogens (tertiary/aromatic N) is 1. The molecule has 0 saturated heterocycles. The van der Waals surface area contributed by atoms with Gasteiger partial charge in [-0.15, -0.1) is 11.8 Å². The van der Waals surface area contributed by atoms with Crippen molar-refractivity contribution in [2.75, 3.05) is 0 Å². The van der Waals surface area contributed by atoms with E-state index < -0.39 is 11.6 Å². The highest BCUT2D eigenvalue weighted by molar-refractivity contribution is 8.00. The molecule has 0 radical (unpaired) electrons. The molecule has 1 atom stereocenters. The number of nitrogens with one attached hydrogen (secondary N) is 2. The lowest BCUT2D eigenvalue weighted by atomic mass is 9.80. The van der Waals surface area contributed by atoms with Crippen molar-refractivity contribution in [1.82, 2.24) is 15.6 Å². The molecule has 1 aromatic heterocycles. The highest BCUT2D eigenvalue weighted by Gasteiger charge is 2.38. The Kier molecular flexibility index (Phi) is 7.14. The molecule has 1 aliphatic carbocycles. The number of pyridine rings is 1. The van der Waals surface area contributed by atoms with Gasteiger partial charge in [-0.05, 0) is 43.7 Å². The van der Waals surface area contributed by atoms with Gasteiger partial charge in [0.2, 0.25) is 5.91 Å². The van der Waals surface area contributed by atoms with Crippen LogP contribution in [0.4, 0.5) is 4.79 Å². The minimum Gasteiger partial charge on any atom is -0.465 e. The Morgan fingerprint density at radius 3 is 2.52 bits per heavy atom. The van der Waals surface area contributed by atoms with Crippen molar-refractivity contribution >= 4 is 23.8 Å². The summed E-state index contributed by atoms with van der Waals surface area (Å²) in [7, 11) is 0. The first-order chi connectivity index (χ1) is 12.6. The highest BCUT2D eigenvalue weighted by Crippen LogP contribution is 2.35. The number of thioether (sulfide) groups is 1. The number of carbonyl (C=O) groups excluding carboxylic acids is 1. The second-order valence-corrected chi connectivity index (χ2v) is 10.00. The molecule has 0 aromatic carbocycles. The molecule has 27 heavy (non-hydrogen) atoms. The lowest BCUT2D eigenvalue weighted by Gasteiger charge is -2.34. The molecular formula is C20H31N3O3S. The van der Waals surface area contributed by atoms with Crippen LogP contribution in [0.25, 0.3) is 0 Å². The van der Waals surface area contributed by atoms with E-state index in [-0.39, 0.29) is 17.9 Å². The van der Waals surface area contributed by atoms with Crippen molar-refractivity contribution in [2.45, 2.75) is 82.0 Å². The predicted octanol–water partition coefficient (Wildman–Crippen LogP) is 4.20. The van der Waals surface area contributed by atoms with Crippen LogP contribution in [-0.4, -0.2) is 32.9 Å². The van der Waals surface area contributed by atoms with Crippen LogP contribution < -0.4 is 10.6 Å². The smallest absolute Gasteiger partial charge is 0.405 e. The number of carbonyl (C=O) groups is 2. The van der Waals surface area contributed by atoms with E-state index in [0.29, 0.717) is 11.7 Å². The summed E-state index contributed by atoms with van der Waals surface area (Å²) in [6.07, 6.45) is 5.90. The molecular weight excluding hydrogens is 362 g/mol. The molecule has 150 valence electrons. The average Bonchev–Trinajstić information content (AvgIpc) is 3.04. The van der Waals surface area contributed by atoms with Gasteiger partial charge in [0, 0.05) is 16.3 Å². The predicted molar refractivity (Wildman–Crippen MR) is 108 cm³/mol. The van der Waals surface area contributed by atoms with Gasteiger partial charge in [-0.3, -0.25) is 9.78 Å². The van der Waals surface area contributed by atoms with Gasteiger partial charge in [-0.1, -0.05) is 33.6 Å². The average molecular weight is 394 g/mol. The Bertz CT molecular complexity index is 669. The van der Waals surface area contributed by atoms with Gasteiger partial charge in [-0.25, -0.2) is 4.79 Å². The third kappa shape index (κ3) is 6.72. The van der Waals surface area contributed by atoms with Gasteiger partial charge in [0.05, 0.1) is 12.2 Å². The molecule has 0 aliphatic heterocycles. The van der Waals surface area contributed by atoms with Gasteiger partial charge in [0.15, 0.2) is 0 Å². The van der Waals surface area contributed by atoms with Crippen LogP contribution in [0.5, 0.6) is 0 Å². The molecule has 7 heteroatoms. The van der Waals surface area contributed by atoms with Crippen molar-refractivity contribution < 1.29 is 14.7 Å². The zero-order valence-corrected chi connectivity index (χ0v) is 17.5. The maximum Gasteiger partial charge on any atom is 0.405 e. The number of carboxylic acid groups (broad SMARTS) is 1. The molecule has 3 N–H and O–H groups in total. The molecule has 0 bridgehead atoms. The zero-order chi connectivity index (χ0) is 20.1. The van der Waals surface area contributed by atoms with Gasteiger partial charge in [-0.2, -0.15) is 0 Å². The Balaban J connectivity index is 2.07. The third-order valence-electron chi connectivity index (χ3n) is 4.63. The molecule has 2 amide bonds. The van der Waals surface area contributed by atoms with E-state index in [0.717, 1.165) is 10.6 Å². The number of rotatable bonds is 7. The summed E-state index contributed by atoms with van der Waals surface area (Å²) in [6, 6.07) is 3.96. The maximum atomic E-state index is 12.8. The second kappa shape index (κ2) is 8.95. The molecule has 1 aliphatic rings. The van der Waals surface area contributed by atoms with E-state index in [1.165, 1.54) is 25.7 Å². The molecule has 1 unspecified atom stereocenters. The molecule has 1 heterocycles. The van der Waals surface area contributed by atoms with E-state index in [1.54, 1.807) is 13.1 Å². The molecule has 6 nitrogen and oxygen atoms in total. The summed E-state index contributed by atoms with van der Waals surface area (Å²) in [5.74, 6) is -0.331. The largest absolute Gasteiger partial charge is 0.465 e. The molecule has 1 fully saturated rings. The van der Waals surface area contributed by atoms with Crippen LogP contribution in [-0.2, 0) is 11.3 Å². The summed E-state index contributed by atoms with van der Waals surface area (Å²) >= 11 is 1.83. The summed E-state index contributed by atoms with van der Waals surface area (Å²) in [6.45, 7) is 7.87. The molecule has 1 aromatic rings. The van der Waals surface area contributed by atoms with Crippen LogP contribution in [0.2, 0.25) is 0 Å². The fraction of sp³-hybridized carbons (Fsp3) is 0.650. The number of amides is 2. The van der Waals surface area contributed by atoms with Crippen LogP contribution in [0, 0.1) is 5.41 Å². The number of aromatic nitrogens is 1. The minimum atomic E-state index is -1.20. The first-order valence-corrected chi connectivity index (χ1v) is 10.4. The summed E-state index contributed by atoms with van der Waals surface area (Å²) in [5.41, 5.74) is -0.572. The van der Waals surface area contributed by atoms with E-state index in [1.807, 2.05) is 44.7 Å². The Morgan fingerprint density at radius 1 is 1.26 bits per heavy atom. The summed E-state index contributed by atoms with van der Waals surface area (Å²) in [4.78, 5) is 29.6. The van der Waals surface area contributed by atoms with Crippen LogP contribution >= 0.6 is 11.8 Å². The number of hydrogen-bond acceptors (Lipinski definition) is 4. The van der Waals surface area contributed by atoms with Crippen LogP contribution in [0.1, 0.15) is 65.5 Å². The molecule has 0 spiro atoms. The van der Waals surface area contributed by atoms with Crippen molar-refractivity contribution in [3.05, 3.63) is 24.0 Å². The lowest BCUT2D eigenvalue weighted by molar-refractivity contribution is -0.128. The van der Waals surface area contributed by atoms with Gasteiger partial charge in [0.1, 0.15) is 5.54 Å². The van der Waals surface area contributed by atoms with E-state index in [9.17, 15) is 14.7 Å². The zero-order valence-electron chi connectivity index (χ0n) is 16.7. The van der Waals surface area contributed by atoms with Gasteiger partial charge in [0.25, 0.3) is 0 Å². The van der Waals surface area contributed by atoms with Crippen LogP contribution in [0.3, 0.4) is 0 Å². The fourth-order valence-electron chi connectivity index (χ4n) is 3.69. The van der Waals surface area contributed by atoms with Gasteiger partial charge >= 0.3 is 6.09 Å². The first-order valence-electron chi connectivity index (χ1n) is 9.49. The molecule has 2 rings (SSSR count). The fourth-order valence-corrected chi connectivity index (χ4v) is 5.03. The van der Waals surface area contributed by atoms with Gasteiger partial charge < -0.3 is 15.7 Å². The summed E-state index contributed by atoms with van der Waals surface area (Å²) in [5, 5.41) is 15.1. The third-order valence-corrected chi connectivity index (χ3v) is 6.06.